The van der Waals surface area contributed by atoms with Gasteiger partial charge in [0.15, 0.2) is 0 Å². The van der Waals surface area contributed by atoms with Crippen LogP contribution in [0.3, 0.4) is 0 Å². The summed E-state index contributed by atoms with van der Waals surface area (Å²) in [5.74, 6) is 0. The fourth-order valence-electron chi connectivity index (χ4n) is 1.99. The van der Waals surface area contributed by atoms with Crippen LogP contribution in [0.1, 0.15) is 11.1 Å². The van der Waals surface area contributed by atoms with Crippen LogP contribution in [0.2, 0.25) is 0 Å². The molecule has 0 saturated heterocycles. The summed E-state index contributed by atoms with van der Waals surface area (Å²) in [6, 6.07) is 19.5. The average Bonchev–Trinajstić information content (AvgIpc) is 2.74. The molecule has 0 spiro atoms. The molecule has 0 aliphatic carbocycles. The summed E-state index contributed by atoms with van der Waals surface area (Å²) in [6.45, 7) is 0. The van der Waals surface area contributed by atoms with E-state index in [0.29, 0.717) is 14.5 Å². The van der Waals surface area contributed by atoms with Gasteiger partial charge in [0.25, 0.3) is 0 Å². The van der Waals surface area contributed by atoms with E-state index in [1.54, 1.807) is 0 Å². The molecule has 0 N–H and O–H groups in total. The summed E-state index contributed by atoms with van der Waals surface area (Å²) in [6.07, 6.45) is 1.07. The Morgan fingerprint density at radius 1 is 0.812 bits per heavy atom. The van der Waals surface area contributed by atoms with Gasteiger partial charge in [0.1, 0.15) is 0 Å². The van der Waals surface area contributed by atoms with Crippen LogP contribution in [-0.2, 0) is 6.42 Å². The first kappa shape index (κ1) is 9.89. The van der Waals surface area contributed by atoms with Crippen LogP contribution in [0.4, 0.5) is 0 Å². The van der Waals surface area contributed by atoms with Crippen molar-refractivity contribution in [2.75, 3.05) is 0 Å². The van der Waals surface area contributed by atoms with E-state index >= 15 is 0 Å². The van der Waals surface area contributed by atoms with Gasteiger partial charge in [-0.2, -0.15) is 0 Å². The van der Waals surface area contributed by atoms with Gasteiger partial charge in [-0.1, -0.05) is 0 Å². The zero-order valence-corrected chi connectivity index (χ0v) is 10.6. The maximum atomic E-state index is 2.42. The van der Waals surface area contributed by atoms with Gasteiger partial charge in [-0.25, -0.2) is 0 Å². The summed E-state index contributed by atoms with van der Waals surface area (Å²) < 4.78 is 1.53. The Kier molecular flexibility index (Phi) is 2.65. The van der Waals surface area contributed by atoms with Crippen LogP contribution in [0.15, 0.2) is 59.5 Å². The van der Waals surface area contributed by atoms with Gasteiger partial charge < -0.3 is 0 Å². The molecule has 0 unspecified atom stereocenters. The van der Waals surface area contributed by atoms with Crippen molar-refractivity contribution in [2.24, 2.45) is 0 Å². The third-order valence-electron chi connectivity index (χ3n) is 2.80. The van der Waals surface area contributed by atoms with Gasteiger partial charge in [-0.3, -0.25) is 0 Å². The molecule has 0 saturated carbocycles. The number of fused-ring (bicyclic) bond motifs is 1. The predicted molar refractivity (Wildman–Crippen MR) is 70.1 cm³/mol. The number of benzene rings is 2. The van der Waals surface area contributed by atoms with Crippen molar-refractivity contribution in [3.63, 3.8) is 0 Å². The van der Waals surface area contributed by atoms with Gasteiger partial charge in [-0.05, 0) is 0 Å². The molecule has 0 aliphatic heterocycles. The third kappa shape index (κ3) is 1.84. The van der Waals surface area contributed by atoms with E-state index in [4.69, 9.17) is 0 Å². The first-order valence-corrected chi connectivity index (χ1v) is 7.27. The topological polar surface area (TPSA) is 0 Å². The van der Waals surface area contributed by atoms with Crippen molar-refractivity contribution in [1.29, 1.82) is 0 Å². The standard InChI is InChI=1S/C15H12Se/c1-2-6-12(7-3-1)10-13-11-16-15-9-5-4-8-14(13)15/h1-9,11H,10H2. The molecule has 78 valence electrons. The number of hydrogen-bond donors (Lipinski definition) is 0. The molecule has 0 atom stereocenters. The Balaban J connectivity index is 2.01. The molecule has 3 aromatic rings. The molecule has 1 heterocycles. The van der Waals surface area contributed by atoms with Gasteiger partial charge >= 0.3 is 101 Å². The molecule has 0 radical (unpaired) electrons. The van der Waals surface area contributed by atoms with Crippen molar-refractivity contribution in [3.05, 3.63) is 70.7 Å². The van der Waals surface area contributed by atoms with Crippen molar-refractivity contribution in [3.8, 4) is 0 Å². The van der Waals surface area contributed by atoms with Crippen molar-refractivity contribution >= 4 is 24.1 Å². The fourth-order valence-corrected chi connectivity index (χ4v) is 4.01. The molecule has 16 heavy (non-hydrogen) atoms. The molecule has 1 heteroatoms. The van der Waals surface area contributed by atoms with Crippen molar-refractivity contribution in [2.45, 2.75) is 6.42 Å². The van der Waals surface area contributed by atoms with Gasteiger partial charge in [0.05, 0.1) is 0 Å². The summed E-state index contributed by atoms with van der Waals surface area (Å²) in [5.41, 5.74) is 2.91. The predicted octanol–water partition coefficient (Wildman–Crippen LogP) is 3.49. The van der Waals surface area contributed by atoms with Gasteiger partial charge in [0, 0.05) is 0 Å². The second-order valence-corrected chi connectivity index (χ2v) is 5.83. The summed E-state index contributed by atoms with van der Waals surface area (Å²) in [7, 11) is 0. The molecule has 0 aliphatic rings. The SMILES string of the molecule is c1ccc(Cc2c[se]c3ccccc23)cc1. The molecular formula is C15H12Se. The van der Waals surface area contributed by atoms with E-state index in [0.717, 1.165) is 6.42 Å². The summed E-state index contributed by atoms with van der Waals surface area (Å²) in [5, 5.41) is 1.46. The normalized spacial score (nSPS) is 10.8. The fraction of sp³-hybridized carbons (Fsp3) is 0.0667. The molecule has 3 rings (SSSR count). The summed E-state index contributed by atoms with van der Waals surface area (Å²) >= 11 is 0.542. The Morgan fingerprint density at radius 2 is 1.56 bits per heavy atom. The zero-order valence-electron chi connectivity index (χ0n) is 8.89. The van der Waals surface area contributed by atoms with Crippen molar-refractivity contribution in [1.82, 2.24) is 0 Å². The van der Waals surface area contributed by atoms with E-state index in [-0.39, 0.29) is 0 Å². The number of hydrogen-bond acceptors (Lipinski definition) is 0. The average molecular weight is 271 g/mol. The van der Waals surface area contributed by atoms with E-state index in [1.807, 2.05) is 0 Å². The first-order chi connectivity index (χ1) is 7.93. The molecule has 1 aromatic heterocycles. The molecule has 0 amide bonds. The van der Waals surface area contributed by atoms with Crippen molar-refractivity contribution < 1.29 is 0 Å². The van der Waals surface area contributed by atoms with Crippen LogP contribution in [0.5, 0.6) is 0 Å². The minimum atomic E-state index is 0.542. The first-order valence-electron chi connectivity index (χ1n) is 5.42. The molecule has 0 fully saturated rings. The van der Waals surface area contributed by atoms with Crippen LogP contribution < -0.4 is 0 Å². The van der Waals surface area contributed by atoms with E-state index in [1.165, 1.54) is 20.8 Å². The van der Waals surface area contributed by atoms with Crippen LogP contribution in [0, 0.1) is 0 Å². The van der Waals surface area contributed by atoms with Crippen LogP contribution in [0.25, 0.3) is 9.65 Å². The van der Waals surface area contributed by atoms with Gasteiger partial charge in [-0.15, -0.1) is 0 Å². The van der Waals surface area contributed by atoms with Crippen LogP contribution >= 0.6 is 0 Å². The third-order valence-corrected chi connectivity index (χ3v) is 4.92. The minimum absolute atomic E-state index is 0.542. The Labute approximate surface area is 101 Å². The molecule has 2 aromatic carbocycles. The Bertz CT molecular complexity index is 593. The van der Waals surface area contributed by atoms with E-state index in [9.17, 15) is 0 Å². The Hall–Kier alpha value is -1.30. The van der Waals surface area contributed by atoms with Gasteiger partial charge in [0.2, 0.25) is 0 Å². The maximum absolute atomic E-state index is 2.42. The second-order valence-electron chi connectivity index (χ2n) is 3.92. The van der Waals surface area contributed by atoms with E-state index < -0.39 is 0 Å². The zero-order chi connectivity index (χ0) is 10.8. The quantitative estimate of drug-likeness (QED) is 0.626. The Morgan fingerprint density at radius 3 is 2.44 bits per heavy atom. The molecule has 0 bridgehead atoms. The monoisotopic (exact) mass is 272 g/mol. The summed E-state index contributed by atoms with van der Waals surface area (Å²) in [4.78, 5) is 2.42. The molecule has 0 nitrogen and oxygen atoms in total. The van der Waals surface area contributed by atoms with E-state index in [2.05, 4.69) is 59.5 Å². The number of rotatable bonds is 2. The van der Waals surface area contributed by atoms with Crippen LogP contribution in [-0.4, -0.2) is 14.5 Å². The second kappa shape index (κ2) is 4.29. The molecular weight excluding hydrogens is 259 g/mol.